The Bertz CT molecular complexity index is 710. The fraction of sp³-hybridized carbons (Fsp3) is 0.500. The highest BCUT2D eigenvalue weighted by Gasteiger charge is 2.50. The van der Waals surface area contributed by atoms with Crippen LogP contribution in [-0.4, -0.2) is 4.21 Å². The lowest BCUT2D eigenvalue weighted by molar-refractivity contribution is 0.193. The van der Waals surface area contributed by atoms with Gasteiger partial charge >= 0.3 is 0 Å². The minimum atomic E-state index is -1.03. The summed E-state index contributed by atoms with van der Waals surface area (Å²) in [5.41, 5.74) is 3.43. The molecule has 0 spiro atoms. The molecule has 1 saturated carbocycles. The Hall–Kier alpha value is -1.15. The molecule has 3 aliphatic carbocycles. The number of benzene rings is 1. The first-order chi connectivity index (χ1) is 10.4. The molecule has 0 amide bonds. The van der Waals surface area contributed by atoms with Gasteiger partial charge in [-0.2, -0.15) is 0 Å². The van der Waals surface area contributed by atoms with Crippen LogP contribution in [0.3, 0.4) is 0 Å². The van der Waals surface area contributed by atoms with E-state index >= 15 is 0 Å². The molecule has 1 aromatic carbocycles. The number of allylic oxidation sites excluding steroid dienone is 3. The summed E-state index contributed by atoms with van der Waals surface area (Å²) in [6, 6.07) is 9.99. The predicted octanol–water partition coefficient (Wildman–Crippen LogP) is 5.22. The molecule has 0 heterocycles. The quantitative estimate of drug-likeness (QED) is 0.731. The molecule has 4 rings (SSSR count). The molecule has 3 atom stereocenters. The van der Waals surface area contributed by atoms with Crippen LogP contribution in [0, 0.1) is 16.7 Å². The Morgan fingerprint density at radius 3 is 2.45 bits per heavy atom. The molecule has 22 heavy (non-hydrogen) atoms. The molecule has 1 aromatic rings. The lowest BCUT2D eigenvalue weighted by Gasteiger charge is -2.49. The molecule has 0 N–H and O–H groups in total. The zero-order chi connectivity index (χ0) is 15.5. The van der Waals surface area contributed by atoms with Gasteiger partial charge in [-0.3, -0.25) is 0 Å². The van der Waals surface area contributed by atoms with E-state index in [9.17, 15) is 4.21 Å². The molecule has 1 unspecified atom stereocenters. The zero-order valence-electron chi connectivity index (χ0n) is 13.7. The van der Waals surface area contributed by atoms with Crippen LogP contribution in [0.25, 0.3) is 0 Å². The molecule has 0 radical (unpaired) electrons. The number of fused-ring (bicyclic) bond motifs is 2. The Morgan fingerprint density at radius 1 is 1.09 bits per heavy atom. The summed E-state index contributed by atoms with van der Waals surface area (Å²) >= 11 is 0. The van der Waals surface area contributed by atoms with Crippen LogP contribution >= 0.6 is 0 Å². The fourth-order valence-corrected chi connectivity index (χ4v) is 6.32. The van der Waals surface area contributed by atoms with Gasteiger partial charge in [-0.1, -0.05) is 45.0 Å². The highest BCUT2D eigenvalue weighted by Crippen LogP contribution is 2.62. The molecule has 0 bridgehead atoms. The third-order valence-corrected chi connectivity index (χ3v) is 7.34. The molecular formula is C20H24OS. The monoisotopic (exact) mass is 312 g/mol. The third-order valence-electron chi connectivity index (χ3n) is 5.79. The van der Waals surface area contributed by atoms with Crippen molar-refractivity contribution in [1.82, 2.24) is 0 Å². The Balaban J connectivity index is 1.85. The van der Waals surface area contributed by atoms with Crippen LogP contribution in [0.4, 0.5) is 0 Å². The normalized spacial score (nSPS) is 33.6. The second-order valence-electron chi connectivity index (χ2n) is 8.14. The SMILES string of the molecule is CC1(C)C=C2C(S(=O)c3ccccc3)=C3CC[C@@]3(C)C[C@@H]2C1. The van der Waals surface area contributed by atoms with Gasteiger partial charge in [0.25, 0.3) is 0 Å². The van der Waals surface area contributed by atoms with Gasteiger partial charge in [0, 0.05) is 9.80 Å². The van der Waals surface area contributed by atoms with Crippen molar-refractivity contribution in [2.24, 2.45) is 16.7 Å². The molecule has 0 saturated heterocycles. The van der Waals surface area contributed by atoms with E-state index in [0.29, 0.717) is 11.3 Å². The molecule has 2 heteroatoms. The summed E-state index contributed by atoms with van der Waals surface area (Å²) in [5.74, 6) is 0.603. The van der Waals surface area contributed by atoms with Crippen molar-refractivity contribution < 1.29 is 4.21 Å². The van der Waals surface area contributed by atoms with Crippen LogP contribution in [0.1, 0.15) is 46.5 Å². The molecule has 116 valence electrons. The van der Waals surface area contributed by atoms with E-state index in [1.807, 2.05) is 30.3 Å². The smallest absolute Gasteiger partial charge is 0.0852 e. The third kappa shape index (κ3) is 2.07. The fourth-order valence-electron chi connectivity index (χ4n) is 4.66. The van der Waals surface area contributed by atoms with Gasteiger partial charge in [0.05, 0.1) is 10.8 Å². The maximum Gasteiger partial charge on any atom is 0.0852 e. The highest BCUT2D eigenvalue weighted by molar-refractivity contribution is 7.89. The second kappa shape index (κ2) is 4.67. The van der Waals surface area contributed by atoms with Crippen molar-refractivity contribution in [3.05, 3.63) is 52.5 Å². The zero-order valence-corrected chi connectivity index (χ0v) is 14.5. The summed E-state index contributed by atoms with van der Waals surface area (Å²) in [5, 5.41) is 0. The van der Waals surface area contributed by atoms with Crippen LogP contribution in [0.5, 0.6) is 0 Å². The summed E-state index contributed by atoms with van der Waals surface area (Å²) < 4.78 is 13.3. The van der Waals surface area contributed by atoms with E-state index in [0.717, 1.165) is 11.3 Å². The first kappa shape index (κ1) is 14.4. The minimum Gasteiger partial charge on any atom is -0.249 e. The summed E-state index contributed by atoms with van der Waals surface area (Å²) in [6.45, 7) is 7.02. The van der Waals surface area contributed by atoms with E-state index in [1.54, 1.807) is 0 Å². The maximum absolute atomic E-state index is 13.3. The first-order valence-electron chi connectivity index (χ1n) is 8.33. The standard InChI is InChI=1S/C20H24OS/c1-19(2)11-14-12-20(3)10-9-17(20)18(16(14)13-19)22(21)15-7-5-4-6-8-15/h4-8,13-14H,9-12H2,1-3H3/t14-,20-,22?/m0/s1. The average Bonchev–Trinajstić information content (AvgIpc) is 2.77. The largest absolute Gasteiger partial charge is 0.249 e. The van der Waals surface area contributed by atoms with Crippen molar-refractivity contribution in [1.29, 1.82) is 0 Å². The van der Waals surface area contributed by atoms with Gasteiger partial charge in [-0.15, -0.1) is 0 Å². The van der Waals surface area contributed by atoms with Gasteiger partial charge < -0.3 is 0 Å². The summed E-state index contributed by atoms with van der Waals surface area (Å²) in [4.78, 5) is 2.13. The maximum atomic E-state index is 13.3. The first-order valence-corrected chi connectivity index (χ1v) is 9.48. The van der Waals surface area contributed by atoms with Gasteiger partial charge in [0.15, 0.2) is 0 Å². The topological polar surface area (TPSA) is 17.1 Å². The van der Waals surface area contributed by atoms with Gasteiger partial charge in [-0.05, 0) is 65.7 Å². The van der Waals surface area contributed by atoms with Crippen molar-refractivity contribution in [2.75, 3.05) is 0 Å². The van der Waals surface area contributed by atoms with Crippen molar-refractivity contribution >= 4 is 10.8 Å². The average molecular weight is 312 g/mol. The number of rotatable bonds is 2. The van der Waals surface area contributed by atoms with Crippen LogP contribution in [-0.2, 0) is 10.8 Å². The van der Waals surface area contributed by atoms with Crippen molar-refractivity contribution in [2.45, 2.75) is 51.3 Å². The molecule has 3 aliphatic rings. The van der Waals surface area contributed by atoms with E-state index in [2.05, 4.69) is 26.8 Å². The summed E-state index contributed by atoms with van der Waals surface area (Å²) in [7, 11) is -1.03. The van der Waals surface area contributed by atoms with Gasteiger partial charge in [0.1, 0.15) is 0 Å². The lowest BCUT2D eigenvalue weighted by atomic mass is 9.57. The Labute approximate surface area is 136 Å². The summed E-state index contributed by atoms with van der Waals surface area (Å²) in [6.07, 6.45) is 7.28. The van der Waals surface area contributed by atoms with E-state index in [4.69, 9.17) is 0 Å². The second-order valence-corrected chi connectivity index (χ2v) is 9.56. The van der Waals surface area contributed by atoms with Crippen LogP contribution in [0.2, 0.25) is 0 Å². The lowest BCUT2D eigenvalue weighted by Crippen LogP contribution is -2.38. The van der Waals surface area contributed by atoms with Gasteiger partial charge in [0.2, 0.25) is 0 Å². The van der Waals surface area contributed by atoms with Gasteiger partial charge in [-0.25, -0.2) is 4.21 Å². The van der Waals surface area contributed by atoms with Crippen molar-refractivity contribution in [3.63, 3.8) is 0 Å². The minimum absolute atomic E-state index is 0.243. The highest BCUT2D eigenvalue weighted by atomic mass is 32.2. The Morgan fingerprint density at radius 2 is 1.82 bits per heavy atom. The van der Waals surface area contributed by atoms with Crippen molar-refractivity contribution in [3.8, 4) is 0 Å². The molecule has 1 fully saturated rings. The molecule has 1 nitrogen and oxygen atoms in total. The molecule has 0 aromatic heterocycles. The molecule has 0 aliphatic heterocycles. The Kier molecular flexibility index (Phi) is 3.07. The number of hydrogen-bond donors (Lipinski definition) is 0. The van der Waals surface area contributed by atoms with Crippen LogP contribution < -0.4 is 0 Å². The predicted molar refractivity (Wildman–Crippen MR) is 91.8 cm³/mol. The van der Waals surface area contributed by atoms with E-state index < -0.39 is 10.8 Å². The van der Waals surface area contributed by atoms with Crippen LogP contribution in [0.15, 0.2) is 57.4 Å². The van der Waals surface area contributed by atoms with E-state index in [-0.39, 0.29) is 5.41 Å². The molecular weight excluding hydrogens is 288 g/mol. The number of hydrogen-bond acceptors (Lipinski definition) is 1. The van der Waals surface area contributed by atoms with E-state index in [1.165, 1.54) is 35.3 Å².